The van der Waals surface area contributed by atoms with Gasteiger partial charge < -0.3 is 11.1 Å². The molecule has 0 aliphatic rings. The lowest BCUT2D eigenvalue weighted by molar-refractivity contribution is -0.118. The molecule has 0 aliphatic carbocycles. The Bertz CT molecular complexity index is 236. The summed E-state index contributed by atoms with van der Waals surface area (Å²) in [6, 6.07) is 0. The quantitative estimate of drug-likeness (QED) is 0.469. The fourth-order valence-corrected chi connectivity index (χ4v) is 1.59. The number of amides is 1. The van der Waals surface area contributed by atoms with Crippen LogP contribution in [0.5, 0.6) is 0 Å². The van der Waals surface area contributed by atoms with Crippen LogP contribution in [0.1, 0.15) is 19.3 Å². The molecule has 0 aliphatic heterocycles. The minimum atomic E-state index is -0.358. The summed E-state index contributed by atoms with van der Waals surface area (Å²) in [5, 5.41) is 2.90. The molecule has 0 bridgehead atoms. The first kappa shape index (κ1) is 13.7. The number of carbonyl (C=O) groups excluding carboxylic acids is 1. The lowest BCUT2D eigenvalue weighted by Gasteiger charge is -2.32. The zero-order valence-electron chi connectivity index (χ0n) is 9.17. The van der Waals surface area contributed by atoms with Crippen molar-refractivity contribution < 1.29 is 4.79 Å². The average Bonchev–Trinajstić information content (AvgIpc) is 2.18. The van der Waals surface area contributed by atoms with Crippen LogP contribution in [0.2, 0.25) is 0 Å². The normalized spacial score (nSPS) is 10.5. The Balaban J connectivity index is 4.72. The summed E-state index contributed by atoms with van der Waals surface area (Å²) in [6.07, 6.45) is 6.87. The van der Waals surface area contributed by atoms with Crippen LogP contribution in [0.15, 0.2) is 38.0 Å². The lowest BCUT2D eigenvalue weighted by atomic mass is 9.87. The van der Waals surface area contributed by atoms with E-state index in [4.69, 9.17) is 5.73 Å². The Labute approximate surface area is 91.7 Å². The van der Waals surface area contributed by atoms with Gasteiger partial charge in [0.15, 0.2) is 0 Å². The second-order valence-electron chi connectivity index (χ2n) is 3.50. The molecule has 3 nitrogen and oxygen atoms in total. The molecule has 0 rings (SSSR count). The Hall–Kier alpha value is -1.35. The van der Waals surface area contributed by atoms with E-state index >= 15 is 0 Å². The SMILES string of the molecule is C=CCC(CC=C)(CCN)NC(=O)C=C. The number of hydrogen-bond acceptors (Lipinski definition) is 2. The molecule has 0 saturated heterocycles. The fraction of sp³-hybridized carbons (Fsp3) is 0.417. The summed E-state index contributed by atoms with van der Waals surface area (Å²) in [5.74, 6) is -0.188. The molecular weight excluding hydrogens is 188 g/mol. The molecule has 3 N–H and O–H groups in total. The van der Waals surface area contributed by atoms with Crippen molar-refractivity contribution in [2.75, 3.05) is 6.54 Å². The standard InChI is InChI=1S/C12H20N2O/c1-4-7-12(8-5-2,9-10-13)14-11(15)6-3/h4-6H,1-3,7-10,13H2,(H,14,15). The van der Waals surface area contributed by atoms with E-state index in [9.17, 15) is 4.79 Å². The maximum absolute atomic E-state index is 11.3. The zero-order chi connectivity index (χ0) is 11.7. The first-order chi connectivity index (χ1) is 7.14. The summed E-state index contributed by atoms with van der Waals surface area (Å²) in [7, 11) is 0. The Morgan fingerprint density at radius 3 is 2.13 bits per heavy atom. The first-order valence-corrected chi connectivity index (χ1v) is 5.00. The molecule has 0 aromatic rings. The van der Waals surface area contributed by atoms with Gasteiger partial charge in [-0.1, -0.05) is 18.7 Å². The predicted octanol–water partition coefficient (Wildman–Crippen LogP) is 1.53. The number of nitrogens with two attached hydrogens (primary N) is 1. The molecule has 0 spiro atoms. The molecule has 0 radical (unpaired) electrons. The van der Waals surface area contributed by atoms with Crippen LogP contribution in [0.4, 0.5) is 0 Å². The van der Waals surface area contributed by atoms with Crippen LogP contribution in [-0.2, 0) is 4.79 Å². The van der Waals surface area contributed by atoms with Gasteiger partial charge in [-0.3, -0.25) is 4.79 Å². The van der Waals surface area contributed by atoms with Crippen molar-refractivity contribution in [3.63, 3.8) is 0 Å². The number of nitrogens with one attached hydrogen (secondary N) is 1. The second kappa shape index (κ2) is 7.01. The van der Waals surface area contributed by atoms with Gasteiger partial charge >= 0.3 is 0 Å². The smallest absolute Gasteiger partial charge is 0.243 e. The van der Waals surface area contributed by atoms with Gasteiger partial charge in [-0.15, -0.1) is 13.2 Å². The van der Waals surface area contributed by atoms with Crippen LogP contribution in [0.25, 0.3) is 0 Å². The molecule has 0 unspecified atom stereocenters. The number of hydrogen-bond donors (Lipinski definition) is 2. The highest BCUT2D eigenvalue weighted by atomic mass is 16.1. The molecule has 0 fully saturated rings. The van der Waals surface area contributed by atoms with Crippen LogP contribution in [-0.4, -0.2) is 18.0 Å². The van der Waals surface area contributed by atoms with Gasteiger partial charge in [-0.2, -0.15) is 0 Å². The highest BCUT2D eigenvalue weighted by Crippen LogP contribution is 2.20. The molecule has 15 heavy (non-hydrogen) atoms. The summed E-state index contributed by atoms with van der Waals surface area (Å²) in [4.78, 5) is 11.3. The molecule has 0 atom stereocenters. The summed E-state index contributed by atoms with van der Waals surface area (Å²) in [5.41, 5.74) is 5.19. The minimum Gasteiger partial charge on any atom is -0.346 e. The van der Waals surface area contributed by atoms with Crippen molar-refractivity contribution in [3.8, 4) is 0 Å². The monoisotopic (exact) mass is 208 g/mol. The molecular formula is C12H20N2O. The van der Waals surface area contributed by atoms with Gasteiger partial charge in [0, 0.05) is 5.54 Å². The van der Waals surface area contributed by atoms with E-state index in [1.165, 1.54) is 6.08 Å². The van der Waals surface area contributed by atoms with Gasteiger partial charge in [-0.05, 0) is 31.9 Å². The number of carbonyl (C=O) groups is 1. The van der Waals surface area contributed by atoms with Crippen LogP contribution in [0, 0.1) is 0 Å². The van der Waals surface area contributed by atoms with E-state index in [1.807, 2.05) is 0 Å². The van der Waals surface area contributed by atoms with Crippen molar-refractivity contribution >= 4 is 5.91 Å². The van der Waals surface area contributed by atoms with E-state index < -0.39 is 0 Å². The topological polar surface area (TPSA) is 55.1 Å². The minimum absolute atomic E-state index is 0.188. The predicted molar refractivity (Wildman–Crippen MR) is 64.4 cm³/mol. The van der Waals surface area contributed by atoms with E-state index in [1.54, 1.807) is 12.2 Å². The molecule has 1 amide bonds. The van der Waals surface area contributed by atoms with Crippen molar-refractivity contribution in [1.82, 2.24) is 5.32 Å². The van der Waals surface area contributed by atoms with Gasteiger partial charge in [0.05, 0.1) is 0 Å². The second-order valence-corrected chi connectivity index (χ2v) is 3.50. The lowest BCUT2D eigenvalue weighted by Crippen LogP contribution is -2.48. The maximum Gasteiger partial charge on any atom is 0.243 e. The van der Waals surface area contributed by atoms with E-state index in [0.717, 1.165) is 0 Å². The zero-order valence-corrected chi connectivity index (χ0v) is 9.17. The van der Waals surface area contributed by atoms with Crippen LogP contribution < -0.4 is 11.1 Å². The Morgan fingerprint density at radius 2 is 1.80 bits per heavy atom. The molecule has 0 heterocycles. The van der Waals surface area contributed by atoms with Crippen molar-refractivity contribution in [2.45, 2.75) is 24.8 Å². The third-order valence-corrected chi connectivity index (χ3v) is 2.27. The highest BCUT2D eigenvalue weighted by molar-refractivity contribution is 5.87. The van der Waals surface area contributed by atoms with E-state index in [-0.39, 0.29) is 11.4 Å². The Morgan fingerprint density at radius 1 is 1.27 bits per heavy atom. The summed E-state index contributed by atoms with van der Waals surface area (Å²) >= 11 is 0. The molecule has 84 valence electrons. The van der Waals surface area contributed by atoms with Crippen LogP contribution in [0.3, 0.4) is 0 Å². The van der Waals surface area contributed by atoms with E-state index in [0.29, 0.717) is 25.8 Å². The number of rotatable bonds is 8. The van der Waals surface area contributed by atoms with Crippen molar-refractivity contribution in [3.05, 3.63) is 38.0 Å². The Kier molecular flexibility index (Phi) is 6.38. The molecule has 3 heteroatoms. The summed E-state index contributed by atoms with van der Waals surface area (Å²) in [6.45, 7) is 11.3. The van der Waals surface area contributed by atoms with Gasteiger partial charge in [0.25, 0.3) is 0 Å². The maximum atomic E-state index is 11.3. The molecule has 0 aromatic heterocycles. The average molecular weight is 208 g/mol. The third-order valence-electron chi connectivity index (χ3n) is 2.27. The van der Waals surface area contributed by atoms with Crippen molar-refractivity contribution in [2.24, 2.45) is 5.73 Å². The largest absolute Gasteiger partial charge is 0.346 e. The first-order valence-electron chi connectivity index (χ1n) is 5.00. The van der Waals surface area contributed by atoms with Crippen molar-refractivity contribution in [1.29, 1.82) is 0 Å². The highest BCUT2D eigenvalue weighted by Gasteiger charge is 2.27. The van der Waals surface area contributed by atoms with Crippen LogP contribution >= 0.6 is 0 Å². The summed E-state index contributed by atoms with van der Waals surface area (Å²) < 4.78 is 0. The van der Waals surface area contributed by atoms with Gasteiger partial charge in [0.2, 0.25) is 5.91 Å². The molecule has 0 saturated carbocycles. The van der Waals surface area contributed by atoms with Gasteiger partial charge in [-0.25, -0.2) is 0 Å². The van der Waals surface area contributed by atoms with E-state index in [2.05, 4.69) is 25.1 Å². The fourth-order valence-electron chi connectivity index (χ4n) is 1.59. The van der Waals surface area contributed by atoms with Gasteiger partial charge in [0.1, 0.15) is 0 Å². The molecule has 0 aromatic carbocycles. The third kappa shape index (κ3) is 4.61.